The fourth-order valence-corrected chi connectivity index (χ4v) is 31.8. The first-order valence-corrected chi connectivity index (χ1v) is 54.6. The molecular formula is C102H109BrClF4N15O17Sn. The molecule has 6 amide bonds. The van der Waals surface area contributed by atoms with Crippen molar-refractivity contribution >= 4 is 146 Å². The first-order chi connectivity index (χ1) is 68.3. The number of aromatic nitrogens is 12. The molecule has 32 nitrogen and oxygen atoms in total. The summed E-state index contributed by atoms with van der Waals surface area (Å²) >= 11 is 6.82. The van der Waals surface area contributed by atoms with Crippen LogP contribution in [0.15, 0.2) is 194 Å². The number of unbranched alkanes of at least 4 members (excludes halogenated alkanes) is 3. The number of methoxy groups -OCH3 is 6. The van der Waals surface area contributed by atoms with E-state index < -0.39 is 53.8 Å². The molecular weight excluding hydrogens is 2020 g/mol. The quantitative estimate of drug-likeness (QED) is 0.0165. The van der Waals surface area contributed by atoms with Crippen LogP contribution in [0.3, 0.4) is 0 Å². The molecule has 0 radical (unpaired) electrons. The van der Waals surface area contributed by atoms with E-state index in [0.717, 1.165) is 21.7 Å². The van der Waals surface area contributed by atoms with Crippen LogP contribution in [0, 0.1) is 23.3 Å². The summed E-state index contributed by atoms with van der Waals surface area (Å²) in [6.07, 6.45) is 23.8. The second-order valence-corrected chi connectivity index (χ2v) is 46.5. The summed E-state index contributed by atoms with van der Waals surface area (Å²) in [4.78, 5) is 118. The molecule has 0 saturated carbocycles. The molecule has 39 heteroatoms. The van der Waals surface area contributed by atoms with Gasteiger partial charge >= 0.3 is 158 Å². The molecule has 0 spiro atoms. The Bertz CT molecular complexity index is 6600. The van der Waals surface area contributed by atoms with E-state index in [4.69, 9.17) is 68.7 Å². The number of rotatable bonds is 36. The minimum atomic E-state index is -2.54. The molecule has 1 unspecified atom stereocenters. The zero-order chi connectivity index (χ0) is 101. The van der Waals surface area contributed by atoms with Gasteiger partial charge in [0.2, 0.25) is 11.8 Å². The van der Waals surface area contributed by atoms with Gasteiger partial charge in [0.25, 0.3) is 35.4 Å². The molecule has 0 aliphatic carbocycles. The van der Waals surface area contributed by atoms with E-state index in [0.29, 0.717) is 124 Å². The van der Waals surface area contributed by atoms with E-state index in [9.17, 15) is 46.3 Å². The van der Waals surface area contributed by atoms with Crippen molar-refractivity contribution < 1.29 is 98.4 Å². The summed E-state index contributed by atoms with van der Waals surface area (Å²) in [7, 11) is 11.8. The molecule has 13 aromatic rings. The maximum atomic E-state index is 13.4. The van der Waals surface area contributed by atoms with Crippen LogP contribution in [0.5, 0.6) is 58.7 Å². The molecule has 1 fully saturated rings. The average Bonchev–Trinajstić information content (AvgIpc) is 1.59. The van der Waals surface area contributed by atoms with Crippen molar-refractivity contribution in [3.05, 3.63) is 245 Å². The largest absolute Gasteiger partial charge is 0.493 e. The number of halogens is 6. The molecule has 9 aromatic heterocycles. The van der Waals surface area contributed by atoms with Crippen molar-refractivity contribution in [2.75, 3.05) is 95.1 Å². The van der Waals surface area contributed by atoms with E-state index in [2.05, 4.69) is 94.9 Å². The van der Waals surface area contributed by atoms with E-state index >= 15 is 0 Å². The fraction of sp³-hybridized carbons (Fsp3) is 0.324. The number of hydrogen-bond donors (Lipinski definition) is 1. The summed E-state index contributed by atoms with van der Waals surface area (Å²) in [5, 5.41) is 5.11. The molecule has 4 aromatic carbocycles. The summed E-state index contributed by atoms with van der Waals surface area (Å²) in [6, 6.07) is 36.6. The molecule has 4 aliphatic rings. The molecule has 1 atom stereocenters. The van der Waals surface area contributed by atoms with E-state index in [-0.39, 0.29) is 104 Å². The maximum Gasteiger partial charge on any atom is 0.319 e. The fourth-order valence-electron chi connectivity index (χ4n) is 16.0. The van der Waals surface area contributed by atoms with Crippen molar-refractivity contribution in [2.24, 2.45) is 0 Å². The van der Waals surface area contributed by atoms with Crippen molar-refractivity contribution in [1.82, 2.24) is 73.7 Å². The van der Waals surface area contributed by atoms with Gasteiger partial charge in [0, 0.05) is 108 Å². The van der Waals surface area contributed by atoms with Gasteiger partial charge in [-0.3, -0.25) is 43.9 Å². The third kappa shape index (κ3) is 26.4. The van der Waals surface area contributed by atoms with Crippen LogP contribution in [0.2, 0.25) is 13.3 Å². The summed E-state index contributed by atoms with van der Waals surface area (Å²) < 4.78 is 122. The van der Waals surface area contributed by atoms with E-state index in [1.54, 1.807) is 118 Å². The number of fused-ring (bicyclic) bond motifs is 3. The third-order valence-corrected chi connectivity index (χ3v) is 38.8. The third-order valence-electron chi connectivity index (χ3n) is 23.1. The summed E-state index contributed by atoms with van der Waals surface area (Å²) in [5.41, 5.74) is 4.70. The van der Waals surface area contributed by atoms with Gasteiger partial charge < -0.3 is 56.3 Å². The second kappa shape index (κ2) is 51.3. The Morgan fingerprint density at radius 3 is 1.14 bits per heavy atom. The second-order valence-electron chi connectivity index (χ2n) is 32.3. The topological polar surface area (TPSA) is 353 Å². The zero-order valence-corrected chi connectivity index (χ0v) is 85.3. The number of pyridine rings is 3. The van der Waals surface area contributed by atoms with E-state index in [1.807, 2.05) is 31.9 Å². The Morgan fingerprint density at radius 1 is 0.440 bits per heavy atom. The predicted molar refractivity (Wildman–Crippen MR) is 530 cm³/mol. The Morgan fingerprint density at radius 2 is 0.801 bits per heavy atom. The number of benzene rings is 4. The molecule has 740 valence electrons. The van der Waals surface area contributed by atoms with Gasteiger partial charge in [-0.15, -0.1) is 0 Å². The van der Waals surface area contributed by atoms with Gasteiger partial charge in [0.1, 0.15) is 88.1 Å². The Kier molecular flexibility index (Phi) is 38.6. The maximum absolute atomic E-state index is 13.4. The van der Waals surface area contributed by atoms with Gasteiger partial charge in [-0.1, -0.05) is 27.5 Å². The first-order valence-electron chi connectivity index (χ1n) is 45.6. The monoisotopic (exact) mass is 2130 g/mol. The zero-order valence-electron chi connectivity index (χ0n) is 80.1. The van der Waals surface area contributed by atoms with E-state index in [1.165, 1.54) is 172 Å². The van der Waals surface area contributed by atoms with Crippen LogP contribution in [0.25, 0.3) is 61.0 Å². The van der Waals surface area contributed by atoms with Gasteiger partial charge in [-0.05, 0) is 153 Å². The van der Waals surface area contributed by atoms with Crippen LogP contribution in [0.4, 0.5) is 17.6 Å². The summed E-state index contributed by atoms with van der Waals surface area (Å²) in [5.74, 6) is -1.20. The molecule has 17 rings (SSSR count). The SMILES string of the molecule is CC1CCCO1.CCC[CH2][Sn]([CH2]CCC)([CH2]CCC)[c]1cc(OC)nc(OC)n1.CN1C(=O)C(Cl)=C(c2cn(CCOc3ccc(F)cc3)c3ncccc23)C1=O.COc1ncc(C2=C(c3cn(CCOc4ccc(F)cc4)c4ncccc34)C(=O)N(C)C2=O)c(OC)n1.COc1ncc(C2=C(c3cn(CCOc4ccc(F)cc4)c4ncccc34)C(=O)NC2=O)c(OC)n1.Fc1ccc(OCCBr)cc1. The van der Waals surface area contributed by atoms with Crippen LogP contribution >= 0.6 is 27.5 Å². The molecule has 1 saturated heterocycles. The Hall–Kier alpha value is -13.9. The average molecular weight is 2130 g/mol. The predicted octanol–water partition coefficient (Wildman–Crippen LogP) is 17.1. The Labute approximate surface area is 829 Å². The first kappa shape index (κ1) is 106. The van der Waals surface area contributed by atoms with Gasteiger partial charge in [0.05, 0.1) is 99.8 Å². The number of nitrogens with zero attached hydrogens (tertiary/aromatic N) is 14. The number of carbonyl (C=O) groups excluding carboxylic acids is 6. The van der Waals surface area contributed by atoms with Crippen molar-refractivity contribution in [1.29, 1.82) is 0 Å². The van der Waals surface area contributed by atoms with Gasteiger partial charge in [0.15, 0.2) is 0 Å². The van der Waals surface area contributed by atoms with Crippen molar-refractivity contribution in [2.45, 2.75) is 118 Å². The standard InChI is InChI=1S/C26H22FN5O5.C25H20FN5O5.C20H15ClFN3O3.C8H8BrFO.C6H7N2O2.C5H10O.3C4H9.Sn/c1-31-24(33)20(18-13-29-26(36-3)30-23(18)35-2)21(25(31)34)19-14-32(22-17(19)5-4-10-28-22)11-12-37-16-8-6-15(27)7-9-16;1-34-24-17(12-28-25(30-24)35-2)19-20(23(33)29-22(19)32)18-13-31(21-16(18)4-3-9-27-21)10-11-36-15-7-5-14(26)6-8-15;1-24-19(26)16(17(21)20(24)27)15-11-25(18-14(15)3-2-8-23-18)9-10-28-13-6-4-12(22)5-7-13;9-5-6-11-8-3-1-7(10)2-4-8;1-9-5-3-4-7-6(8-5)10-2;1-5-3-2-4-6-5;3*1-3-4-2;/h4-10,13-14H,11-12H2,1-3H3;3-9,12-13H,10-11H2,1-2H3,(H,29,32,33);2-8,11H,9-10H2,1H3;1-4H,5-6H2;3H,1-2H3;5H,2-4H2,1H3;3*1,3-4H2,2H3;. The summed E-state index contributed by atoms with van der Waals surface area (Å²) in [6.45, 7) is 12.6. The van der Waals surface area contributed by atoms with Gasteiger partial charge in [-0.2, -0.15) is 9.97 Å². The number of ether oxygens (including phenoxy) is 11. The molecule has 0 bridgehead atoms. The Balaban J connectivity index is 0.000000161. The van der Waals surface area contributed by atoms with Crippen molar-refractivity contribution in [3.63, 3.8) is 0 Å². The number of nitrogens with one attached hydrogen (secondary N) is 1. The molecule has 4 aliphatic heterocycles. The molecule has 141 heavy (non-hydrogen) atoms. The van der Waals surface area contributed by atoms with Gasteiger partial charge in [-0.25, -0.2) is 42.5 Å². The van der Waals surface area contributed by atoms with Crippen molar-refractivity contribution in [3.8, 4) is 58.7 Å². The van der Waals surface area contributed by atoms with Crippen LogP contribution < -0.4 is 56.4 Å². The van der Waals surface area contributed by atoms with Crippen LogP contribution in [0.1, 0.15) is 107 Å². The number of carbonyl (C=O) groups is 6. The molecule has 13 heterocycles. The molecule has 1 N–H and O–H groups in total. The number of alkyl halides is 1. The van der Waals surface area contributed by atoms with Crippen LogP contribution in [-0.2, 0) is 53.1 Å². The number of amides is 6. The van der Waals surface area contributed by atoms with Crippen LogP contribution in [-0.4, -0.2) is 223 Å². The smallest absolute Gasteiger partial charge is 0.319 e. The number of hydrogen-bond acceptors (Lipinski definition) is 26. The normalized spacial score (nSPS) is 13.9. The minimum Gasteiger partial charge on any atom is -0.493 e. The number of likely N-dealkylation sites (N-methyl/N-ethyl adjacent to an activating group) is 2. The number of imide groups is 3. The minimum absolute atomic E-state index is 0.0597.